The molecule has 2 aliphatic heterocycles. The molecule has 0 bridgehead atoms. The number of ether oxygens (including phenoxy) is 1. The van der Waals surface area contributed by atoms with Gasteiger partial charge in [-0.1, -0.05) is 0 Å². The molecule has 3 rings (SSSR count). The lowest BCUT2D eigenvalue weighted by Crippen LogP contribution is -2.50. The highest BCUT2D eigenvalue weighted by Gasteiger charge is 2.45. The van der Waals surface area contributed by atoms with Gasteiger partial charge in [-0.25, -0.2) is 4.79 Å². The number of nitrogens with zero attached hydrogens (tertiary/aromatic N) is 3. The van der Waals surface area contributed by atoms with Crippen LogP contribution in [0.25, 0.3) is 0 Å². The average molecular weight is 480 g/mol. The van der Waals surface area contributed by atoms with Gasteiger partial charge in [-0.3, -0.25) is 14.5 Å². The van der Waals surface area contributed by atoms with E-state index in [9.17, 15) is 32.8 Å². The lowest BCUT2D eigenvalue weighted by Gasteiger charge is -2.30. The summed E-state index contributed by atoms with van der Waals surface area (Å²) in [5.41, 5.74) is -1.66. The molecule has 1 aromatic rings. The number of carbonyl (C=O) groups is 3. The molecule has 34 heavy (non-hydrogen) atoms. The topological polar surface area (TPSA) is 103 Å². The van der Waals surface area contributed by atoms with E-state index in [1.54, 1.807) is 20.8 Å². The summed E-state index contributed by atoms with van der Waals surface area (Å²) in [6, 6.07) is 3.75. The van der Waals surface area contributed by atoms with Crippen LogP contribution in [0.15, 0.2) is 24.3 Å². The Bertz CT molecular complexity index is 982. The molecule has 0 aliphatic carbocycles. The SMILES string of the molecule is CC(C)(C)OC(=O)N1C[C@@H](NC(=O)c2ccc(C(F)(F)F)cc2)C[C@H]1C(=O)N1CCC[C@H]1C#N. The third-order valence-electron chi connectivity index (χ3n) is 5.71. The normalized spacial score (nSPS) is 22.9. The molecule has 0 aromatic heterocycles. The van der Waals surface area contributed by atoms with Gasteiger partial charge in [0.15, 0.2) is 0 Å². The van der Waals surface area contributed by atoms with Gasteiger partial charge in [0.05, 0.1) is 11.6 Å². The first-order valence-corrected chi connectivity index (χ1v) is 11.0. The number of hydrogen-bond acceptors (Lipinski definition) is 5. The maximum absolute atomic E-state index is 13.2. The number of amides is 3. The molecule has 2 fully saturated rings. The highest BCUT2D eigenvalue weighted by Crippen LogP contribution is 2.30. The van der Waals surface area contributed by atoms with E-state index in [2.05, 4.69) is 11.4 Å². The maximum atomic E-state index is 13.2. The Morgan fingerprint density at radius 3 is 2.32 bits per heavy atom. The fourth-order valence-electron chi connectivity index (χ4n) is 4.13. The largest absolute Gasteiger partial charge is 0.444 e. The Hall–Kier alpha value is -3.29. The van der Waals surface area contributed by atoms with Crippen LogP contribution < -0.4 is 5.32 Å². The second-order valence-corrected chi connectivity index (χ2v) is 9.45. The molecule has 1 N–H and O–H groups in total. The zero-order chi connectivity index (χ0) is 25.3. The molecule has 0 saturated carbocycles. The van der Waals surface area contributed by atoms with E-state index in [4.69, 9.17) is 4.74 Å². The van der Waals surface area contributed by atoms with E-state index in [0.717, 1.165) is 24.3 Å². The van der Waals surface area contributed by atoms with E-state index in [0.29, 0.717) is 19.4 Å². The van der Waals surface area contributed by atoms with Crippen LogP contribution in [0.4, 0.5) is 18.0 Å². The van der Waals surface area contributed by atoms with Crippen molar-refractivity contribution in [3.63, 3.8) is 0 Å². The summed E-state index contributed by atoms with van der Waals surface area (Å²) in [7, 11) is 0. The van der Waals surface area contributed by atoms with Crippen LogP contribution in [-0.2, 0) is 15.7 Å². The van der Waals surface area contributed by atoms with E-state index in [-0.39, 0.29) is 24.4 Å². The van der Waals surface area contributed by atoms with Crippen molar-refractivity contribution in [3.05, 3.63) is 35.4 Å². The molecule has 3 atom stereocenters. The Labute approximate surface area is 195 Å². The van der Waals surface area contributed by atoms with Crippen LogP contribution in [0.1, 0.15) is 56.0 Å². The molecule has 11 heteroatoms. The van der Waals surface area contributed by atoms with Crippen molar-refractivity contribution in [2.45, 2.75) is 69.9 Å². The molecule has 0 radical (unpaired) electrons. The van der Waals surface area contributed by atoms with Crippen LogP contribution in [0, 0.1) is 11.3 Å². The van der Waals surface area contributed by atoms with Crippen molar-refractivity contribution < 1.29 is 32.3 Å². The summed E-state index contributed by atoms with van der Waals surface area (Å²) < 4.78 is 43.8. The molecular formula is C23H27F3N4O4. The van der Waals surface area contributed by atoms with E-state index >= 15 is 0 Å². The first-order chi connectivity index (χ1) is 15.8. The monoisotopic (exact) mass is 480 g/mol. The first kappa shape index (κ1) is 25.3. The van der Waals surface area contributed by atoms with Crippen LogP contribution in [0.3, 0.4) is 0 Å². The van der Waals surface area contributed by atoms with Gasteiger partial charge >= 0.3 is 12.3 Å². The Morgan fingerprint density at radius 1 is 1.12 bits per heavy atom. The lowest BCUT2D eigenvalue weighted by molar-refractivity contribution is -0.137. The summed E-state index contributed by atoms with van der Waals surface area (Å²) in [6.45, 7) is 5.45. The highest BCUT2D eigenvalue weighted by molar-refractivity contribution is 5.95. The first-order valence-electron chi connectivity index (χ1n) is 11.0. The van der Waals surface area contributed by atoms with E-state index < -0.39 is 47.5 Å². The summed E-state index contributed by atoms with van der Waals surface area (Å²) in [5, 5.41) is 12.0. The molecular weight excluding hydrogens is 453 g/mol. The van der Waals surface area contributed by atoms with Gasteiger partial charge in [0.2, 0.25) is 5.91 Å². The number of carbonyl (C=O) groups excluding carboxylic acids is 3. The third-order valence-corrected chi connectivity index (χ3v) is 5.71. The second-order valence-electron chi connectivity index (χ2n) is 9.45. The lowest BCUT2D eigenvalue weighted by atomic mass is 10.1. The minimum absolute atomic E-state index is 0.0112. The summed E-state index contributed by atoms with van der Waals surface area (Å²) in [5.74, 6) is -1.01. The van der Waals surface area contributed by atoms with Gasteiger partial charge in [-0.15, -0.1) is 0 Å². The molecule has 2 aliphatic rings. The minimum Gasteiger partial charge on any atom is -0.444 e. The number of nitriles is 1. The van der Waals surface area contributed by atoms with Crippen molar-refractivity contribution in [1.29, 1.82) is 5.26 Å². The van der Waals surface area contributed by atoms with Crippen LogP contribution in [0.2, 0.25) is 0 Å². The van der Waals surface area contributed by atoms with Crippen molar-refractivity contribution in [2.75, 3.05) is 13.1 Å². The van der Waals surface area contributed by atoms with Crippen LogP contribution in [-0.4, -0.2) is 64.5 Å². The Balaban J connectivity index is 1.76. The fraction of sp³-hybridized carbons (Fsp3) is 0.565. The fourth-order valence-corrected chi connectivity index (χ4v) is 4.13. The number of benzene rings is 1. The zero-order valence-electron chi connectivity index (χ0n) is 19.2. The van der Waals surface area contributed by atoms with Gasteiger partial charge in [-0.05, 0) is 64.3 Å². The minimum atomic E-state index is -4.52. The zero-order valence-corrected chi connectivity index (χ0v) is 19.2. The number of alkyl halides is 3. The molecule has 3 amide bonds. The quantitative estimate of drug-likeness (QED) is 0.715. The van der Waals surface area contributed by atoms with Gasteiger partial charge < -0.3 is 15.0 Å². The van der Waals surface area contributed by atoms with Gasteiger partial charge in [-0.2, -0.15) is 18.4 Å². The third kappa shape index (κ3) is 5.79. The Morgan fingerprint density at radius 2 is 1.76 bits per heavy atom. The molecule has 0 unspecified atom stereocenters. The number of hydrogen-bond donors (Lipinski definition) is 1. The molecule has 2 saturated heterocycles. The smallest absolute Gasteiger partial charge is 0.416 e. The van der Waals surface area contributed by atoms with Crippen LogP contribution in [0.5, 0.6) is 0 Å². The van der Waals surface area contributed by atoms with Crippen molar-refractivity contribution in [2.24, 2.45) is 0 Å². The Kier molecular flexibility index (Phi) is 7.10. The van der Waals surface area contributed by atoms with Crippen molar-refractivity contribution >= 4 is 17.9 Å². The number of likely N-dealkylation sites (tertiary alicyclic amines) is 2. The molecule has 0 spiro atoms. The van der Waals surface area contributed by atoms with Crippen LogP contribution >= 0.6 is 0 Å². The number of halogens is 3. The molecule has 8 nitrogen and oxygen atoms in total. The second kappa shape index (κ2) is 9.52. The molecule has 2 heterocycles. The summed E-state index contributed by atoms with van der Waals surface area (Å²) >= 11 is 0. The van der Waals surface area contributed by atoms with Crippen molar-refractivity contribution in [1.82, 2.24) is 15.1 Å². The van der Waals surface area contributed by atoms with Gasteiger partial charge in [0.25, 0.3) is 5.91 Å². The molecule has 184 valence electrons. The predicted octanol–water partition coefficient (Wildman–Crippen LogP) is 3.33. The number of nitrogens with one attached hydrogen (secondary N) is 1. The van der Waals surface area contributed by atoms with Gasteiger partial charge in [0.1, 0.15) is 17.7 Å². The number of rotatable bonds is 3. The summed E-state index contributed by atoms with van der Waals surface area (Å²) in [6.07, 6.45) is -3.91. The molecule has 1 aromatic carbocycles. The standard InChI is InChI=1S/C23H27F3N4O4/c1-22(2,3)34-21(33)30-13-16(11-18(30)20(32)29-10-4-5-17(29)12-27)28-19(31)14-6-8-15(9-7-14)23(24,25)26/h6-9,16-18H,4-5,10-11,13H2,1-3H3,(H,28,31)/t16-,17-,18-/m0/s1. The highest BCUT2D eigenvalue weighted by atomic mass is 19.4. The predicted molar refractivity (Wildman–Crippen MR) is 114 cm³/mol. The van der Waals surface area contributed by atoms with Gasteiger partial charge in [0, 0.05) is 24.7 Å². The van der Waals surface area contributed by atoms with E-state index in [1.165, 1.54) is 9.80 Å². The summed E-state index contributed by atoms with van der Waals surface area (Å²) in [4.78, 5) is 41.4. The van der Waals surface area contributed by atoms with Crippen molar-refractivity contribution in [3.8, 4) is 6.07 Å². The van der Waals surface area contributed by atoms with E-state index in [1.807, 2.05) is 0 Å². The average Bonchev–Trinajstić information content (AvgIpc) is 3.38. The maximum Gasteiger partial charge on any atom is 0.416 e.